The van der Waals surface area contributed by atoms with Gasteiger partial charge in [0.2, 0.25) is 5.91 Å². The number of hydrogen-bond donors (Lipinski definition) is 1. The Balaban J connectivity index is 2.40. The third-order valence-electron chi connectivity index (χ3n) is 3.61. The van der Waals surface area contributed by atoms with Crippen LogP contribution in [0.15, 0.2) is 0 Å². The molecule has 0 aliphatic heterocycles. The van der Waals surface area contributed by atoms with Crippen LogP contribution in [0.1, 0.15) is 40.0 Å². The van der Waals surface area contributed by atoms with Crippen LogP contribution >= 0.6 is 0 Å². The Bertz CT molecular complexity index is 232. The van der Waals surface area contributed by atoms with Gasteiger partial charge in [0.15, 0.2) is 0 Å². The predicted molar refractivity (Wildman–Crippen MR) is 62.4 cm³/mol. The quantitative estimate of drug-likeness (QED) is 0.769. The van der Waals surface area contributed by atoms with Gasteiger partial charge in [-0.1, -0.05) is 20.8 Å². The molecule has 3 nitrogen and oxygen atoms in total. The van der Waals surface area contributed by atoms with Crippen LogP contribution in [0.4, 0.5) is 0 Å². The molecule has 1 saturated carbocycles. The smallest absolute Gasteiger partial charge is 0.227 e. The summed E-state index contributed by atoms with van der Waals surface area (Å²) < 4.78 is 0. The maximum absolute atomic E-state index is 12.0. The molecule has 0 saturated heterocycles. The van der Waals surface area contributed by atoms with Gasteiger partial charge < -0.3 is 10.6 Å². The maximum atomic E-state index is 12.0. The van der Waals surface area contributed by atoms with Crippen LogP contribution < -0.4 is 5.73 Å². The van der Waals surface area contributed by atoms with Gasteiger partial charge in [-0.05, 0) is 25.2 Å². The molecule has 0 radical (unpaired) electrons. The van der Waals surface area contributed by atoms with Gasteiger partial charge in [0.25, 0.3) is 0 Å². The van der Waals surface area contributed by atoms with Crippen molar-refractivity contribution < 1.29 is 4.79 Å². The molecule has 2 N–H and O–H groups in total. The summed E-state index contributed by atoms with van der Waals surface area (Å²) in [7, 11) is 1.91. The zero-order valence-corrected chi connectivity index (χ0v) is 10.4. The second kappa shape index (κ2) is 4.52. The largest absolute Gasteiger partial charge is 0.345 e. The molecule has 1 aliphatic carbocycles. The molecule has 1 fully saturated rings. The topological polar surface area (TPSA) is 46.3 Å². The van der Waals surface area contributed by atoms with Crippen LogP contribution in [0.2, 0.25) is 0 Å². The van der Waals surface area contributed by atoms with Crippen LogP contribution in [0.5, 0.6) is 0 Å². The van der Waals surface area contributed by atoms with E-state index in [1.165, 1.54) is 0 Å². The second-order valence-corrected chi connectivity index (χ2v) is 5.52. The summed E-state index contributed by atoms with van der Waals surface area (Å²) in [5, 5.41) is 0. The van der Waals surface area contributed by atoms with Crippen LogP contribution in [-0.4, -0.2) is 30.4 Å². The van der Waals surface area contributed by atoms with E-state index in [2.05, 4.69) is 6.92 Å². The van der Waals surface area contributed by atoms with Crippen molar-refractivity contribution in [3.8, 4) is 0 Å². The molecule has 1 amide bonds. The summed E-state index contributed by atoms with van der Waals surface area (Å²) in [5.74, 6) is 0.882. The lowest BCUT2D eigenvalue weighted by Gasteiger charge is -2.37. The Hall–Kier alpha value is -0.570. The van der Waals surface area contributed by atoms with Crippen molar-refractivity contribution in [1.29, 1.82) is 0 Å². The Kier molecular flexibility index (Phi) is 3.77. The average molecular weight is 212 g/mol. The van der Waals surface area contributed by atoms with Gasteiger partial charge >= 0.3 is 0 Å². The first-order valence-corrected chi connectivity index (χ1v) is 5.88. The Labute approximate surface area is 93.0 Å². The predicted octanol–water partition coefficient (Wildman–Crippen LogP) is 1.62. The lowest BCUT2D eigenvalue weighted by molar-refractivity contribution is -0.140. The van der Waals surface area contributed by atoms with E-state index in [0.717, 1.165) is 25.8 Å². The van der Waals surface area contributed by atoms with Crippen LogP contribution in [0.25, 0.3) is 0 Å². The van der Waals surface area contributed by atoms with Gasteiger partial charge in [0.1, 0.15) is 0 Å². The molecule has 0 heterocycles. The van der Waals surface area contributed by atoms with Crippen molar-refractivity contribution in [2.24, 2.45) is 17.1 Å². The molecule has 0 aromatic carbocycles. The molecule has 88 valence electrons. The molecule has 3 heteroatoms. The van der Waals surface area contributed by atoms with Gasteiger partial charge in [0, 0.05) is 25.0 Å². The number of hydrogen-bond acceptors (Lipinski definition) is 2. The van der Waals surface area contributed by atoms with Crippen LogP contribution in [-0.2, 0) is 4.79 Å². The zero-order valence-electron chi connectivity index (χ0n) is 10.4. The van der Waals surface area contributed by atoms with Gasteiger partial charge in [-0.15, -0.1) is 0 Å². The van der Waals surface area contributed by atoms with Gasteiger partial charge in [-0.25, -0.2) is 0 Å². The molecule has 15 heavy (non-hydrogen) atoms. The fraction of sp³-hybridized carbons (Fsp3) is 0.917. The number of rotatable bonds is 4. The highest BCUT2D eigenvalue weighted by Crippen LogP contribution is 2.28. The van der Waals surface area contributed by atoms with E-state index in [1.807, 2.05) is 25.8 Å². The van der Waals surface area contributed by atoms with Gasteiger partial charge in [-0.3, -0.25) is 4.79 Å². The lowest BCUT2D eigenvalue weighted by atomic mass is 9.80. The monoisotopic (exact) mass is 212 g/mol. The second-order valence-electron chi connectivity index (χ2n) is 5.52. The Morgan fingerprint density at radius 3 is 2.40 bits per heavy atom. The van der Waals surface area contributed by atoms with Crippen molar-refractivity contribution >= 4 is 5.91 Å². The summed E-state index contributed by atoms with van der Waals surface area (Å²) in [5.41, 5.74) is 5.51. The van der Waals surface area contributed by atoms with E-state index < -0.39 is 0 Å². The zero-order chi connectivity index (χ0) is 11.6. The van der Waals surface area contributed by atoms with Crippen LogP contribution in [0.3, 0.4) is 0 Å². The number of carbonyl (C=O) groups excluding carboxylic acids is 1. The molecule has 0 aromatic rings. The minimum absolute atomic E-state index is 0.222. The molecule has 0 atom stereocenters. The van der Waals surface area contributed by atoms with E-state index >= 15 is 0 Å². The number of nitrogens with two attached hydrogens (primary N) is 1. The van der Waals surface area contributed by atoms with Crippen molar-refractivity contribution in [1.82, 2.24) is 4.90 Å². The molecular formula is C12H24N2O. The van der Waals surface area contributed by atoms with Crippen molar-refractivity contribution in [3.63, 3.8) is 0 Å². The molecule has 0 unspecified atom stereocenters. The van der Waals surface area contributed by atoms with Crippen molar-refractivity contribution in [2.45, 2.75) is 46.1 Å². The highest BCUT2D eigenvalue weighted by molar-refractivity contribution is 5.81. The van der Waals surface area contributed by atoms with Crippen molar-refractivity contribution in [2.75, 3.05) is 13.6 Å². The van der Waals surface area contributed by atoms with E-state index in [9.17, 15) is 4.79 Å². The van der Waals surface area contributed by atoms with Crippen LogP contribution in [0, 0.1) is 11.3 Å². The Morgan fingerprint density at radius 2 is 2.00 bits per heavy atom. The number of carbonyl (C=O) groups is 1. The number of nitrogens with zero attached hydrogens (tertiary/aromatic N) is 1. The summed E-state index contributed by atoms with van der Waals surface area (Å²) in [6.45, 7) is 6.96. The normalized spacial score (nSPS) is 25.9. The summed E-state index contributed by atoms with van der Waals surface area (Å²) >= 11 is 0. The fourth-order valence-electron chi connectivity index (χ4n) is 2.07. The molecular weight excluding hydrogens is 188 g/mol. The molecule has 0 aromatic heterocycles. The maximum Gasteiger partial charge on any atom is 0.227 e. The molecule has 0 spiro atoms. The minimum Gasteiger partial charge on any atom is -0.345 e. The first-order valence-electron chi connectivity index (χ1n) is 5.88. The van der Waals surface area contributed by atoms with E-state index in [0.29, 0.717) is 12.0 Å². The SMILES string of the molecule is CCC(C)(C)C(=O)N(C)CC1CC(N)C1. The van der Waals surface area contributed by atoms with E-state index in [4.69, 9.17) is 5.73 Å². The Morgan fingerprint density at radius 1 is 1.47 bits per heavy atom. The highest BCUT2D eigenvalue weighted by Gasteiger charge is 2.32. The standard InChI is InChI=1S/C12H24N2O/c1-5-12(2,3)11(15)14(4)8-9-6-10(13)7-9/h9-10H,5-8,13H2,1-4H3. The molecule has 1 aliphatic rings. The minimum atomic E-state index is -0.222. The van der Waals surface area contributed by atoms with E-state index in [-0.39, 0.29) is 11.3 Å². The average Bonchev–Trinajstić information content (AvgIpc) is 2.14. The number of amides is 1. The fourth-order valence-corrected chi connectivity index (χ4v) is 2.07. The molecule has 1 rings (SSSR count). The highest BCUT2D eigenvalue weighted by atomic mass is 16.2. The third-order valence-corrected chi connectivity index (χ3v) is 3.61. The summed E-state index contributed by atoms with van der Waals surface area (Å²) in [4.78, 5) is 13.9. The summed E-state index contributed by atoms with van der Waals surface area (Å²) in [6.07, 6.45) is 3.04. The third kappa shape index (κ3) is 2.94. The first kappa shape index (κ1) is 12.5. The summed E-state index contributed by atoms with van der Waals surface area (Å²) in [6, 6.07) is 0.373. The van der Waals surface area contributed by atoms with Gasteiger partial charge in [0.05, 0.1) is 0 Å². The van der Waals surface area contributed by atoms with Crippen molar-refractivity contribution in [3.05, 3.63) is 0 Å². The first-order chi connectivity index (χ1) is 6.86. The van der Waals surface area contributed by atoms with E-state index in [1.54, 1.807) is 0 Å². The molecule has 0 bridgehead atoms. The lowest BCUT2D eigenvalue weighted by Crippen LogP contribution is -2.46. The van der Waals surface area contributed by atoms with Gasteiger partial charge in [-0.2, -0.15) is 0 Å².